The minimum absolute atomic E-state index is 0.259. The molecule has 0 unspecified atom stereocenters. The summed E-state index contributed by atoms with van der Waals surface area (Å²) in [6.07, 6.45) is 0. The third kappa shape index (κ3) is 2.76. The molecule has 22 heavy (non-hydrogen) atoms. The molecule has 3 aromatic rings. The molecule has 0 bridgehead atoms. The van der Waals surface area contributed by atoms with Crippen molar-refractivity contribution in [3.63, 3.8) is 0 Å². The maximum absolute atomic E-state index is 10.7. The first-order chi connectivity index (χ1) is 10.7. The predicted octanol–water partition coefficient (Wildman–Crippen LogP) is 2.92. The Morgan fingerprint density at radius 1 is 1.41 bits per heavy atom. The molecule has 3 rings (SSSR count). The van der Waals surface area contributed by atoms with Gasteiger partial charge in [-0.1, -0.05) is 0 Å². The summed E-state index contributed by atoms with van der Waals surface area (Å²) < 4.78 is 11.1. The van der Waals surface area contributed by atoms with Crippen LogP contribution in [0.5, 0.6) is 0 Å². The van der Waals surface area contributed by atoms with Gasteiger partial charge in [0.2, 0.25) is 0 Å². The number of nitrogens with zero attached hydrogens (tertiary/aromatic N) is 3. The molecule has 0 aliphatic carbocycles. The average molecular weight is 320 g/mol. The van der Waals surface area contributed by atoms with E-state index in [0.29, 0.717) is 24.8 Å². The van der Waals surface area contributed by atoms with E-state index in [2.05, 4.69) is 15.3 Å². The summed E-state index contributed by atoms with van der Waals surface area (Å²) >= 11 is 1.52. The van der Waals surface area contributed by atoms with Crippen LogP contribution >= 0.6 is 11.3 Å². The molecular weight excluding hydrogens is 308 g/mol. The number of methoxy groups -OCH3 is 1. The molecule has 0 saturated carbocycles. The largest absolute Gasteiger partial charge is 0.433 e. The van der Waals surface area contributed by atoms with Gasteiger partial charge in [0.05, 0.1) is 22.9 Å². The number of nitrogens with one attached hydrogen (secondary N) is 1. The second-order valence-electron chi connectivity index (χ2n) is 4.35. The first kappa shape index (κ1) is 14.4. The van der Waals surface area contributed by atoms with Gasteiger partial charge in [0.25, 0.3) is 0 Å². The van der Waals surface area contributed by atoms with Crippen LogP contribution in [0.4, 0.5) is 11.7 Å². The van der Waals surface area contributed by atoms with Gasteiger partial charge in [-0.3, -0.25) is 10.1 Å². The Balaban J connectivity index is 1.99. The highest BCUT2D eigenvalue weighted by Crippen LogP contribution is 2.30. The quantitative estimate of drug-likeness (QED) is 0.423. The third-order valence-corrected chi connectivity index (χ3v) is 3.80. The molecule has 0 spiro atoms. The molecule has 3 aromatic heterocycles. The number of thiophene rings is 1. The maximum Gasteiger partial charge on any atom is 0.433 e. The van der Waals surface area contributed by atoms with E-state index in [-0.39, 0.29) is 11.6 Å². The fourth-order valence-electron chi connectivity index (χ4n) is 1.91. The van der Waals surface area contributed by atoms with Crippen molar-refractivity contribution in [1.29, 1.82) is 0 Å². The van der Waals surface area contributed by atoms with Crippen molar-refractivity contribution in [2.45, 2.75) is 0 Å². The molecular formula is C13H12N4O4S. The maximum atomic E-state index is 10.7. The fourth-order valence-corrected chi connectivity index (χ4v) is 2.71. The average Bonchev–Trinajstić information content (AvgIpc) is 3.16. The highest BCUT2D eigenvalue weighted by Gasteiger charge is 2.17. The molecule has 0 aliphatic heterocycles. The molecule has 0 aromatic carbocycles. The number of rotatable bonds is 6. The lowest BCUT2D eigenvalue weighted by Crippen LogP contribution is -2.09. The molecule has 0 atom stereocenters. The van der Waals surface area contributed by atoms with Crippen molar-refractivity contribution in [2.24, 2.45) is 0 Å². The van der Waals surface area contributed by atoms with Crippen molar-refractivity contribution >= 4 is 33.3 Å². The second kappa shape index (κ2) is 6.08. The molecule has 114 valence electrons. The summed E-state index contributed by atoms with van der Waals surface area (Å²) in [5.74, 6) is 0.887. The van der Waals surface area contributed by atoms with Crippen LogP contribution in [-0.4, -0.2) is 35.2 Å². The minimum atomic E-state index is -0.593. The van der Waals surface area contributed by atoms with Crippen LogP contribution in [0.15, 0.2) is 28.0 Å². The third-order valence-electron chi connectivity index (χ3n) is 2.89. The number of hydrogen-bond donors (Lipinski definition) is 1. The standard InChI is InChI=1S/C13H12N4O4S/c1-20-6-5-14-13-11-8(4-7-22-11)15-12(16-13)9-2-3-10(21-9)17(18)19/h2-4,7H,5-6H2,1H3,(H,14,15,16). The Kier molecular flexibility index (Phi) is 3.98. The predicted molar refractivity (Wildman–Crippen MR) is 82.1 cm³/mol. The van der Waals surface area contributed by atoms with Crippen LogP contribution in [0.3, 0.4) is 0 Å². The first-order valence-corrected chi connectivity index (χ1v) is 7.29. The smallest absolute Gasteiger partial charge is 0.397 e. The molecule has 0 radical (unpaired) electrons. The van der Waals surface area contributed by atoms with Crippen molar-refractivity contribution in [2.75, 3.05) is 25.6 Å². The summed E-state index contributed by atoms with van der Waals surface area (Å²) in [5, 5.41) is 15.8. The summed E-state index contributed by atoms with van der Waals surface area (Å²) in [6, 6.07) is 4.64. The van der Waals surface area contributed by atoms with E-state index in [1.54, 1.807) is 7.11 Å². The molecule has 8 nitrogen and oxygen atoms in total. The molecule has 1 N–H and O–H groups in total. The van der Waals surface area contributed by atoms with Gasteiger partial charge in [-0.05, 0) is 17.5 Å². The highest BCUT2D eigenvalue weighted by molar-refractivity contribution is 7.17. The Morgan fingerprint density at radius 2 is 2.27 bits per heavy atom. The van der Waals surface area contributed by atoms with Crippen LogP contribution in [0.2, 0.25) is 0 Å². The van der Waals surface area contributed by atoms with Crippen LogP contribution in [-0.2, 0) is 4.74 Å². The Bertz CT molecular complexity index is 813. The number of furan rings is 1. The van der Waals surface area contributed by atoms with E-state index in [1.807, 2.05) is 11.4 Å². The number of aromatic nitrogens is 2. The van der Waals surface area contributed by atoms with Crippen molar-refractivity contribution in [3.8, 4) is 11.6 Å². The molecule has 0 fully saturated rings. The molecule has 0 amide bonds. The number of anilines is 1. The van der Waals surface area contributed by atoms with Gasteiger partial charge in [0.15, 0.2) is 11.6 Å². The van der Waals surface area contributed by atoms with E-state index < -0.39 is 4.92 Å². The zero-order valence-electron chi connectivity index (χ0n) is 11.6. The minimum Gasteiger partial charge on any atom is -0.397 e. The van der Waals surface area contributed by atoms with Crippen LogP contribution in [0.1, 0.15) is 0 Å². The number of nitro groups is 1. The SMILES string of the molecule is COCCNc1nc(-c2ccc([N+](=O)[O-])o2)nc2ccsc12. The van der Waals surface area contributed by atoms with Crippen LogP contribution < -0.4 is 5.32 Å². The van der Waals surface area contributed by atoms with E-state index >= 15 is 0 Å². The first-order valence-electron chi connectivity index (χ1n) is 6.41. The number of ether oxygens (including phenoxy) is 1. The van der Waals surface area contributed by atoms with Crippen molar-refractivity contribution in [1.82, 2.24) is 9.97 Å². The summed E-state index contributed by atoms with van der Waals surface area (Å²) in [5.41, 5.74) is 0.758. The van der Waals surface area contributed by atoms with Gasteiger partial charge >= 0.3 is 5.88 Å². The highest BCUT2D eigenvalue weighted by atomic mass is 32.1. The monoisotopic (exact) mass is 320 g/mol. The van der Waals surface area contributed by atoms with Gasteiger partial charge < -0.3 is 14.5 Å². The van der Waals surface area contributed by atoms with Gasteiger partial charge in [-0.15, -0.1) is 11.3 Å². The van der Waals surface area contributed by atoms with Gasteiger partial charge in [0, 0.05) is 13.7 Å². The molecule has 9 heteroatoms. The summed E-state index contributed by atoms with van der Waals surface area (Å²) in [4.78, 5) is 18.9. The van der Waals surface area contributed by atoms with E-state index in [0.717, 1.165) is 10.2 Å². The Morgan fingerprint density at radius 3 is 3.00 bits per heavy atom. The number of hydrogen-bond acceptors (Lipinski definition) is 8. The zero-order chi connectivity index (χ0) is 15.5. The van der Waals surface area contributed by atoms with E-state index in [4.69, 9.17) is 9.15 Å². The lowest BCUT2D eigenvalue weighted by Gasteiger charge is -2.07. The molecule has 0 saturated heterocycles. The van der Waals surface area contributed by atoms with E-state index in [1.165, 1.54) is 23.5 Å². The summed E-state index contributed by atoms with van der Waals surface area (Å²) in [7, 11) is 1.62. The lowest BCUT2D eigenvalue weighted by molar-refractivity contribution is -0.401. The van der Waals surface area contributed by atoms with Gasteiger partial charge in [-0.2, -0.15) is 0 Å². The molecule has 3 heterocycles. The summed E-state index contributed by atoms with van der Waals surface area (Å²) in [6.45, 7) is 1.14. The van der Waals surface area contributed by atoms with Crippen molar-refractivity contribution < 1.29 is 14.1 Å². The zero-order valence-corrected chi connectivity index (χ0v) is 12.4. The topological polar surface area (TPSA) is 103 Å². The van der Waals surface area contributed by atoms with Gasteiger partial charge in [-0.25, -0.2) is 9.97 Å². The fraction of sp³-hybridized carbons (Fsp3) is 0.231. The second-order valence-corrected chi connectivity index (χ2v) is 5.26. The Hall–Kier alpha value is -2.52. The van der Waals surface area contributed by atoms with Crippen molar-refractivity contribution in [3.05, 3.63) is 33.7 Å². The number of fused-ring (bicyclic) bond motifs is 1. The lowest BCUT2D eigenvalue weighted by atomic mass is 10.3. The normalized spacial score (nSPS) is 11.0. The van der Waals surface area contributed by atoms with Gasteiger partial charge in [0.1, 0.15) is 10.7 Å². The van der Waals surface area contributed by atoms with Crippen LogP contribution in [0.25, 0.3) is 21.8 Å². The Labute approximate surface area is 128 Å². The van der Waals surface area contributed by atoms with E-state index in [9.17, 15) is 10.1 Å². The molecule has 0 aliphatic rings. The van der Waals surface area contributed by atoms with Crippen LogP contribution in [0, 0.1) is 10.1 Å².